The molecule has 0 unspecified atom stereocenters. The molecule has 0 aliphatic carbocycles. The minimum Gasteiger partial charge on any atom is -0.508 e. The van der Waals surface area contributed by atoms with Gasteiger partial charge in [-0.15, -0.1) is 0 Å². The SMILES string of the molecule is O=C(Cc1ccccc1)NCC(=O)N/N=C/c1ccc(O)cc1O. The highest BCUT2D eigenvalue weighted by molar-refractivity contribution is 5.87. The standard InChI is InChI=1S/C17H17N3O4/c21-14-7-6-13(15(22)9-14)10-19-20-17(24)11-18-16(23)8-12-4-2-1-3-5-12/h1-7,9-10,21-22H,8,11H2,(H,18,23)(H,20,24)/b19-10+. The summed E-state index contributed by atoms with van der Waals surface area (Å²) in [5.41, 5.74) is 3.43. The van der Waals surface area contributed by atoms with E-state index in [-0.39, 0.29) is 30.4 Å². The van der Waals surface area contributed by atoms with Gasteiger partial charge in [-0.2, -0.15) is 5.10 Å². The number of rotatable bonds is 6. The van der Waals surface area contributed by atoms with Gasteiger partial charge in [0.25, 0.3) is 5.91 Å². The van der Waals surface area contributed by atoms with E-state index in [1.54, 1.807) is 0 Å². The minimum absolute atomic E-state index is 0.0742. The number of hydrazone groups is 1. The second-order valence-corrected chi connectivity index (χ2v) is 4.98. The molecule has 2 aromatic carbocycles. The van der Waals surface area contributed by atoms with Crippen LogP contribution in [0.2, 0.25) is 0 Å². The molecule has 0 bridgehead atoms. The zero-order valence-corrected chi connectivity index (χ0v) is 12.8. The topological polar surface area (TPSA) is 111 Å². The lowest BCUT2D eigenvalue weighted by Crippen LogP contribution is -2.35. The van der Waals surface area contributed by atoms with Gasteiger partial charge in [-0.3, -0.25) is 9.59 Å². The normalized spacial score (nSPS) is 10.5. The molecule has 124 valence electrons. The van der Waals surface area contributed by atoms with E-state index >= 15 is 0 Å². The molecular weight excluding hydrogens is 310 g/mol. The van der Waals surface area contributed by atoms with Crippen molar-refractivity contribution in [3.05, 3.63) is 59.7 Å². The van der Waals surface area contributed by atoms with Gasteiger partial charge in [0.2, 0.25) is 5.91 Å². The van der Waals surface area contributed by atoms with Crippen LogP contribution in [0.15, 0.2) is 53.6 Å². The summed E-state index contributed by atoms with van der Waals surface area (Å²) >= 11 is 0. The maximum atomic E-state index is 11.7. The van der Waals surface area contributed by atoms with Gasteiger partial charge < -0.3 is 15.5 Å². The number of carbonyl (C=O) groups is 2. The Hall–Kier alpha value is -3.35. The van der Waals surface area contributed by atoms with Crippen LogP contribution in [-0.2, 0) is 16.0 Å². The second kappa shape index (κ2) is 8.33. The monoisotopic (exact) mass is 327 g/mol. The highest BCUT2D eigenvalue weighted by Crippen LogP contribution is 2.20. The van der Waals surface area contributed by atoms with Crippen LogP contribution in [0, 0.1) is 0 Å². The van der Waals surface area contributed by atoms with Crippen molar-refractivity contribution in [3.8, 4) is 11.5 Å². The van der Waals surface area contributed by atoms with Crippen molar-refractivity contribution in [2.45, 2.75) is 6.42 Å². The number of hydrogen-bond acceptors (Lipinski definition) is 5. The van der Waals surface area contributed by atoms with Gasteiger partial charge in [0, 0.05) is 11.6 Å². The van der Waals surface area contributed by atoms with Crippen molar-refractivity contribution in [1.82, 2.24) is 10.7 Å². The molecule has 0 atom stereocenters. The van der Waals surface area contributed by atoms with Crippen molar-refractivity contribution in [1.29, 1.82) is 0 Å². The molecule has 7 nitrogen and oxygen atoms in total. The van der Waals surface area contributed by atoms with Gasteiger partial charge in [0.15, 0.2) is 0 Å². The number of aromatic hydroxyl groups is 2. The lowest BCUT2D eigenvalue weighted by atomic mass is 10.1. The van der Waals surface area contributed by atoms with Crippen LogP contribution in [0.5, 0.6) is 11.5 Å². The molecule has 2 rings (SSSR count). The van der Waals surface area contributed by atoms with E-state index in [0.29, 0.717) is 5.56 Å². The van der Waals surface area contributed by atoms with Gasteiger partial charge in [-0.1, -0.05) is 30.3 Å². The van der Waals surface area contributed by atoms with Crippen molar-refractivity contribution in [2.24, 2.45) is 5.10 Å². The Morgan fingerprint density at radius 2 is 1.79 bits per heavy atom. The summed E-state index contributed by atoms with van der Waals surface area (Å²) in [6.07, 6.45) is 1.43. The summed E-state index contributed by atoms with van der Waals surface area (Å²) < 4.78 is 0. The highest BCUT2D eigenvalue weighted by Gasteiger charge is 2.06. The predicted octanol–water partition coefficient (Wildman–Crippen LogP) is 0.907. The van der Waals surface area contributed by atoms with Crippen LogP contribution < -0.4 is 10.7 Å². The third kappa shape index (κ3) is 5.45. The van der Waals surface area contributed by atoms with Gasteiger partial charge in [-0.25, -0.2) is 5.43 Å². The summed E-state index contributed by atoms with van der Waals surface area (Å²) in [7, 11) is 0. The van der Waals surface area contributed by atoms with E-state index in [4.69, 9.17) is 5.11 Å². The zero-order valence-electron chi connectivity index (χ0n) is 12.8. The molecule has 0 aromatic heterocycles. The molecule has 0 aliphatic heterocycles. The Balaban J connectivity index is 1.75. The molecule has 0 saturated heterocycles. The number of benzene rings is 2. The van der Waals surface area contributed by atoms with Gasteiger partial charge in [-0.05, 0) is 17.7 Å². The summed E-state index contributed by atoms with van der Waals surface area (Å²) in [4.78, 5) is 23.3. The molecule has 0 saturated carbocycles. The Bertz CT molecular complexity index is 745. The first-order valence-corrected chi connectivity index (χ1v) is 7.19. The quantitative estimate of drug-likeness (QED) is 0.467. The van der Waals surface area contributed by atoms with Crippen molar-refractivity contribution >= 4 is 18.0 Å². The molecule has 4 N–H and O–H groups in total. The Kier molecular flexibility index (Phi) is 5.90. The lowest BCUT2D eigenvalue weighted by Gasteiger charge is -2.04. The Labute approximate surface area is 138 Å². The smallest absolute Gasteiger partial charge is 0.259 e. The fraction of sp³-hybridized carbons (Fsp3) is 0.118. The summed E-state index contributed by atoms with van der Waals surface area (Å²) in [6, 6.07) is 13.2. The van der Waals surface area contributed by atoms with Crippen LogP contribution in [0.1, 0.15) is 11.1 Å². The average Bonchev–Trinajstić information content (AvgIpc) is 2.56. The molecule has 2 aromatic rings. The van der Waals surface area contributed by atoms with Gasteiger partial charge in [0.05, 0.1) is 19.2 Å². The fourth-order valence-electron chi connectivity index (χ4n) is 1.88. The van der Waals surface area contributed by atoms with Crippen molar-refractivity contribution < 1.29 is 19.8 Å². The average molecular weight is 327 g/mol. The number of nitrogens with one attached hydrogen (secondary N) is 2. The molecule has 0 radical (unpaired) electrons. The first-order chi connectivity index (χ1) is 11.5. The zero-order chi connectivity index (χ0) is 17.4. The third-order valence-electron chi connectivity index (χ3n) is 3.06. The highest BCUT2D eigenvalue weighted by atomic mass is 16.3. The van der Waals surface area contributed by atoms with E-state index < -0.39 is 5.91 Å². The van der Waals surface area contributed by atoms with Crippen molar-refractivity contribution in [2.75, 3.05) is 6.54 Å². The van der Waals surface area contributed by atoms with E-state index in [9.17, 15) is 14.7 Å². The number of phenols is 2. The van der Waals surface area contributed by atoms with Crippen LogP contribution in [0.4, 0.5) is 0 Å². The Morgan fingerprint density at radius 1 is 1.04 bits per heavy atom. The summed E-state index contributed by atoms with van der Waals surface area (Å²) in [5.74, 6) is -0.999. The van der Waals surface area contributed by atoms with E-state index in [1.807, 2.05) is 30.3 Å². The number of amides is 2. The second-order valence-electron chi connectivity index (χ2n) is 4.98. The molecule has 0 heterocycles. The Morgan fingerprint density at radius 3 is 2.50 bits per heavy atom. The summed E-state index contributed by atoms with van der Waals surface area (Å²) in [6.45, 7) is -0.204. The minimum atomic E-state index is -0.495. The number of carbonyl (C=O) groups excluding carboxylic acids is 2. The maximum Gasteiger partial charge on any atom is 0.259 e. The van der Waals surface area contributed by atoms with Crippen LogP contribution in [-0.4, -0.2) is 34.8 Å². The fourth-order valence-corrected chi connectivity index (χ4v) is 1.88. The first kappa shape index (κ1) is 17.0. The van der Waals surface area contributed by atoms with Gasteiger partial charge >= 0.3 is 0 Å². The van der Waals surface area contributed by atoms with Crippen LogP contribution >= 0.6 is 0 Å². The first-order valence-electron chi connectivity index (χ1n) is 7.19. The maximum absolute atomic E-state index is 11.7. The van der Waals surface area contributed by atoms with E-state index in [1.165, 1.54) is 18.3 Å². The number of phenolic OH excluding ortho intramolecular Hbond substituents is 2. The lowest BCUT2D eigenvalue weighted by molar-refractivity contribution is -0.125. The van der Waals surface area contributed by atoms with Crippen LogP contribution in [0.3, 0.4) is 0 Å². The summed E-state index contributed by atoms with van der Waals surface area (Å²) in [5, 5.41) is 24.9. The largest absolute Gasteiger partial charge is 0.508 e. The van der Waals surface area contributed by atoms with Crippen LogP contribution in [0.25, 0.3) is 0 Å². The predicted molar refractivity (Wildman–Crippen MR) is 88.7 cm³/mol. The third-order valence-corrected chi connectivity index (χ3v) is 3.06. The van der Waals surface area contributed by atoms with Crippen molar-refractivity contribution in [3.63, 3.8) is 0 Å². The molecule has 7 heteroatoms. The number of hydrogen-bond donors (Lipinski definition) is 4. The number of nitrogens with zero attached hydrogens (tertiary/aromatic N) is 1. The molecular formula is C17H17N3O4. The van der Waals surface area contributed by atoms with E-state index in [0.717, 1.165) is 11.6 Å². The molecule has 0 fully saturated rings. The molecule has 0 aliphatic rings. The van der Waals surface area contributed by atoms with E-state index in [2.05, 4.69) is 15.8 Å². The molecule has 2 amide bonds. The van der Waals surface area contributed by atoms with Gasteiger partial charge in [0.1, 0.15) is 11.5 Å². The molecule has 24 heavy (non-hydrogen) atoms. The molecule has 0 spiro atoms.